The number of ether oxygens (including phenoxy) is 1. The van der Waals surface area contributed by atoms with E-state index in [1.54, 1.807) is 31.5 Å². The Labute approximate surface area is 202 Å². The number of carboxylic acids is 1. The van der Waals surface area contributed by atoms with E-state index in [4.69, 9.17) is 9.84 Å². The summed E-state index contributed by atoms with van der Waals surface area (Å²) in [5.74, 6) is 0.422. The van der Waals surface area contributed by atoms with Gasteiger partial charge >= 0.3 is 5.97 Å². The number of rotatable bonds is 6. The molecule has 0 spiro atoms. The summed E-state index contributed by atoms with van der Waals surface area (Å²) in [4.78, 5) is 16.4. The molecule has 0 aliphatic heterocycles. The number of hydrogen-bond acceptors (Lipinski definition) is 5. The molecule has 0 unspecified atom stereocenters. The second kappa shape index (κ2) is 8.95. The van der Waals surface area contributed by atoms with Crippen molar-refractivity contribution in [1.82, 2.24) is 14.8 Å². The second-order valence-corrected chi connectivity index (χ2v) is 8.23. The Morgan fingerprint density at radius 3 is 2.54 bits per heavy atom. The van der Waals surface area contributed by atoms with Crippen LogP contribution in [0.2, 0.25) is 0 Å². The van der Waals surface area contributed by atoms with Crippen LogP contribution in [0.25, 0.3) is 27.7 Å². The van der Waals surface area contributed by atoms with E-state index in [0.717, 1.165) is 44.7 Å². The maximum absolute atomic E-state index is 11.9. The molecule has 2 N–H and O–H groups in total. The summed E-state index contributed by atoms with van der Waals surface area (Å²) >= 11 is 0. The van der Waals surface area contributed by atoms with Gasteiger partial charge in [-0.1, -0.05) is 36.4 Å². The Hall–Kier alpha value is -4.65. The average molecular weight is 465 g/mol. The summed E-state index contributed by atoms with van der Waals surface area (Å²) in [5.41, 5.74) is 5.97. The molecule has 0 aliphatic rings. The van der Waals surface area contributed by atoms with Gasteiger partial charge in [0.1, 0.15) is 11.6 Å². The van der Waals surface area contributed by atoms with E-state index in [0.29, 0.717) is 11.5 Å². The molecule has 0 atom stereocenters. The number of aromatic carboxylic acids is 1. The van der Waals surface area contributed by atoms with Crippen LogP contribution >= 0.6 is 0 Å². The number of nitrogens with one attached hydrogen (secondary N) is 1. The van der Waals surface area contributed by atoms with Gasteiger partial charge in [0.05, 0.1) is 35.3 Å². The molecule has 0 radical (unpaired) electrons. The first kappa shape index (κ1) is 22.2. The second-order valence-electron chi connectivity index (χ2n) is 8.23. The minimum Gasteiger partial charge on any atom is -0.496 e. The molecule has 0 saturated heterocycles. The van der Waals surface area contributed by atoms with Crippen molar-refractivity contribution in [3.63, 3.8) is 0 Å². The predicted molar refractivity (Wildman–Crippen MR) is 137 cm³/mol. The lowest BCUT2D eigenvalue weighted by Crippen LogP contribution is -2.08. The van der Waals surface area contributed by atoms with Gasteiger partial charge in [-0.25, -0.2) is 9.48 Å². The number of anilines is 2. The summed E-state index contributed by atoms with van der Waals surface area (Å²) in [7, 11) is 1.64. The van der Waals surface area contributed by atoms with Gasteiger partial charge in [0.25, 0.3) is 0 Å². The van der Waals surface area contributed by atoms with Crippen molar-refractivity contribution in [2.75, 3.05) is 12.4 Å². The minimum absolute atomic E-state index is 0.179. The van der Waals surface area contributed by atoms with E-state index in [2.05, 4.69) is 10.3 Å². The lowest BCUT2D eigenvalue weighted by Gasteiger charge is -2.16. The Balaban J connectivity index is 1.75. The number of benzene rings is 3. The standard InChI is InChI=1S/C28H24N4O3/c1-17-8-4-7-11-24(17)32-27(30-22-10-6-5-9-21(22)28(33)34)26(18(2)31-32)19-12-13-20-23(16-19)29-15-14-25(20)35-3/h4-16,30H,1-3H3,(H,33,34). The summed E-state index contributed by atoms with van der Waals surface area (Å²) in [6, 6.07) is 22.6. The number of methoxy groups -OCH3 is 1. The fourth-order valence-corrected chi connectivity index (χ4v) is 4.33. The number of hydrogen-bond donors (Lipinski definition) is 2. The van der Waals surface area contributed by atoms with E-state index in [1.165, 1.54) is 0 Å². The SMILES string of the molecule is COc1ccnc2cc(-c3c(C)nn(-c4ccccc4C)c3Nc3ccccc3C(=O)O)ccc12. The van der Waals surface area contributed by atoms with Crippen LogP contribution in [0.4, 0.5) is 11.5 Å². The Morgan fingerprint density at radius 2 is 1.77 bits per heavy atom. The normalized spacial score (nSPS) is 10.9. The largest absolute Gasteiger partial charge is 0.496 e. The van der Waals surface area contributed by atoms with Crippen molar-refractivity contribution in [2.24, 2.45) is 0 Å². The van der Waals surface area contributed by atoms with Gasteiger partial charge < -0.3 is 15.2 Å². The number of carboxylic acid groups (broad SMARTS) is 1. The zero-order chi connectivity index (χ0) is 24.5. The number of carbonyl (C=O) groups is 1. The van der Waals surface area contributed by atoms with E-state index < -0.39 is 5.97 Å². The van der Waals surface area contributed by atoms with Gasteiger partial charge in [-0.2, -0.15) is 5.10 Å². The third-order valence-electron chi connectivity index (χ3n) is 6.03. The smallest absolute Gasteiger partial charge is 0.337 e. The van der Waals surface area contributed by atoms with Crippen LogP contribution < -0.4 is 10.1 Å². The van der Waals surface area contributed by atoms with Crippen molar-refractivity contribution >= 4 is 28.4 Å². The fraction of sp³-hybridized carbons (Fsp3) is 0.107. The van der Waals surface area contributed by atoms with E-state index in [-0.39, 0.29) is 5.56 Å². The van der Waals surface area contributed by atoms with E-state index in [9.17, 15) is 9.90 Å². The quantitative estimate of drug-likeness (QED) is 0.313. The Kier molecular flexibility index (Phi) is 5.66. The topological polar surface area (TPSA) is 89.3 Å². The molecule has 174 valence electrons. The molecule has 2 heterocycles. The van der Waals surface area contributed by atoms with E-state index in [1.807, 2.05) is 73.1 Å². The average Bonchev–Trinajstić information content (AvgIpc) is 3.19. The Bertz CT molecular complexity index is 1570. The van der Waals surface area contributed by atoms with Crippen LogP contribution in [0.15, 0.2) is 79.0 Å². The number of aryl methyl sites for hydroxylation is 2. The predicted octanol–water partition coefficient (Wildman–Crippen LogP) is 6.15. The summed E-state index contributed by atoms with van der Waals surface area (Å²) < 4.78 is 7.32. The van der Waals surface area contributed by atoms with Crippen molar-refractivity contribution in [3.05, 3.63) is 95.8 Å². The van der Waals surface area contributed by atoms with Crippen molar-refractivity contribution in [1.29, 1.82) is 0 Å². The van der Waals surface area contributed by atoms with Crippen LogP contribution in [0.1, 0.15) is 21.6 Å². The van der Waals surface area contributed by atoms with Gasteiger partial charge in [0.15, 0.2) is 0 Å². The van der Waals surface area contributed by atoms with Crippen LogP contribution in [0.3, 0.4) is 0 Å². The molecule has 7 nitrogen and oxygen atoms in total. The van der Waals surface area contributed by atoms with Crippen LogP contribution in [-0.4, -0.2) is 33.0 Å². The van der Waals surface area contributed by atoms with Crippen LogP contribution in [-0.2, 0) is 0 Å². The third-order valence-corrected chi connectivity index (χ3v) is 6.03. The van der Waals surface area contributed by atoms with E-state index >= 15 is 0 Å². The highest BCUT2D eigenvalue weighted by Gasteiger charge is 2.22. The lowest BCUT2D eigenvalue weighted by molar-refractivity contribution is 0.0698. The van der Waals surface area contributed by atoms with Gasteiger partial charge in [0.2, 0.25) is 0 Å². The highest BCUT2D eigenvalue weighted by molar-refractivity contribution is 5.97. The van der Waals surface area contributed by atoms with Crippen molar-refractivity contribution in [2.45, 2.75) is 13.8 Å². The zero-order valence-corrected chi connectivity index (χ0v) is 19.6. The summed E-state index contributed by atoms with van der Waals surface area (Å²) in [6.07, 6.45) is 1.72. The molecular formula is C28H24N4O3. The molecule has 35 heavy (non-hydrogen) atoms. The summed E-state index contributed by atoms with van der Waals surface area (Å²) in [5, 5.41) is 18.9. The molecule has 0 amide bonds. The maximum atomic E-state index is 11.9. The third kappa shape index (κ3) is 3.97. The molecule has 0 fully saturated rings. The molecule has 2 aromatic heterocycles. The molecule has 0 saturated carbocycles. The lowest BCUT2D eigenvalue weighted by atomic mass is 10.0. The highest BCUT2D eigenvalue weighted by atomic mass is 16.5. The number of nitrogens with zero attached hydrogens (tertiary/aromatic N) is 3. The summed E-state index contributed by atoms with van der Waals surface area (Å²) in [6.45, 7) is 3.97. The number of fused-ring (bicyclic) bond motifs is 1. The first-order valence-corrected chi connectivity index (χ1v) is 11.2. The van der Waals surface area contributed by atoms with Crippen LogP contribution in [0.5, 0.6) is 5.75 Å². The molecule has 3 aromatic carbocycles. The molecule has 7 heteroatoms. The van der Waals surface area contributed by atoms with Gasteiger partial charge in [0, 0.05) is 17.1 Å². The monoisotopic (exact) mass is 464 g/mol. The molecular weight excluding hydrogens is 440 g/mol. The zero-order valence-electron chi connectivity index (χ0n) is 19.6. The number of para-hydroxylation sites is 2. The van der Waals surface area contributed by atoms with Crippen LogP contribution in [0, 0.1) is 13.8 Å². The molecule has 5 aromatic rings. The number of aromatic nitrogens is 3. The molecule has 5 rings (SSSR count). The molecule has 0 bridgehead atoms. The molecule has 0 aliphatic carbocycles. The first-order chi connectivity index (χ1) is 17.0. The van der Waals surface area contributed by atoms with Crippen molar-refractivity contribution < 1.29 is 14.6 Å². The minimum atomic E-state index is -1.00. The van der Waals surface area contributed by atoms with Crippen molar-refractivity contribution in [3.8, 4) is 22.6 Å². The van der Waals surface area contributed by atoms with Gasteiger partial charge in [-0.3, -0.25) is 4.98 Å². The maximum Gasteiger partial charge on any atom is 0.337 e. The van der Waals surface area contributed by atoms with Gasteiger partial charge in [-0.15, -0.1) is 0 Å². The Morgan fingerprint density at radius 1 is 1.00 bits per heavy atom. The van der Waals surface area contributed by atoms with Gasteiger partial charge in [-0.05, 0) is 61.4 Å². The fourth-order valence-electron chi connectivity index (χ4n) is 4.33. The number of pyridine rings is 1. The highest BCUT2D eigenvalue weighted by Crippen LogP contribution is 2.38. The first-order valence-electron chi connectivity index (χ1n) is 11.2.